The third-order valence-corrected chi connectivity index (χ3v) is 4.67. The van der Waals surface area contributed by atoms with Crippen LogP contribution in [0.2, 0.25) is 0 Å². The molecule has 0 aliphatic rings. The van der Waals surface area contributed by atoms with E-state index in [1.165, 1.54) is 23.5 Å². The van der Waals surface area contributed by atoms with E-state index in [1.807, 2.05) is 38.1 Å². The molecule has 1 aromatic carbocycles. The number of nitrogens with one attached hydrogen (secondary N) is 2. The van der Waals surface area contributed by atoms with Crippen molar-refractivity contribution in [2.75, 3.05) is 12.3 Å². The Bertz CT molecular complexity index is 743. The number of hydrogen-bond acceptors (Lipinski definition) is 5. The second-order valence-electron chi connectivity index (χ2n) is 5.78. The lowest BCUT2D eigenvalue weighted by Crippen LogP contribution is -2.28. The van der Waals surface area contributed by atoms with Gasteiger partial charge in [0.2, 0.25) is 11.8 Å². The van der Waals surface area contributed by atoms with E-state index in [1.54, 1.807) is 4.57 Å². The largest absolute Gasteiger partial charge is 0.390 e. The van der Waals surface area contributed by atoms with Crippen LogP contribution in [-0.4, -0.2) is 38.8 Å². The Kier molecular flexibility index (Phi) is 7.68. The van der Waals surface area contributed by atoms with Gasteiger partial charge in [0.1, 0.15) is 6.54 Å². The van der Waals surface area contributed by atoms with Crippen LogP contribution in [0.15, 0.2) is 35.6 Å². The predicted octanol–water partition coefficient (Wildman–Crippen LogP) is 1.23. The van der Waals surface area contributed by atoms with Crippen LogP contribution in [0.1, 0.15) is 23.7 Å². The van der Waals surface area contributed by atoms with Crippen LogP contribution >= 0.6 is 11.8 Å². The summed E-state index contributed by atoms with van der Waals surface area (Å²) in [5.41, 5.74) is 2.75. The quantitative estimate of drug-likeness (QED) is 0.572. The van der Waals surface area contributed by atoms with E-state index in [9.17, 15) is 14.7 Å². The normalized spacial score (nSPS) is 10.6. The van der Waals surface area contributed by atoms with Gasteiger partial charge in [-0.1, -0.05) is 41.6 Å². The van der Waals surface area contributed by atoms with E-state index < -0.39 is 0 Å². The maximum Gasteiger partial charge on any atom is 0.240 e. The summed E-state index contributed by atoms with van der Waals surface area (Å²) in [6.45, 7) is 4.71. The number of aliphatic hydroxyl groups excluding tert-OH is 1. The number of thioether (sulfide) groups is 1. The number of aliphatic hydroxyl groups is 1. The Morgan fingerprint density at radius 3 is 2.58 bits per heavy atom. The molecule has 0 unspecified atom stereocenters. The van der Waals surface area contributed by atoms with E-state index in [2.05, 4.69) is 15.6 Å². The molecule has 0 aliphatic carbocycles. The summed E-state index contributed by atoms with van der Waals surface area (Å²) in [5.74, 6) is -0.0945. The second kappa shape index (κ2) is 9.98. The van der Waals surface area contributed by atoms with Gasteiger partial charge in [0.15, 0.2) is 5.16 Å². The first-order valence-electron chi connectivity index (χ1n) is 8.40. The molecule has 0 fully saturated rings. The van der Waals surface area contributed by atoms with E-state index >= 15 is 0 Å². The van der Waals surface area contributed by atoms with Crippen molar-refractivity contribution in [3.63, 3.8) is 0 Å². The third kappa shape index (κ3) is 5.89. The summed E-state index contributed by atoms with van der Waals surface area (Å²) in [5, 5.41) is 15.5. The minimum absolute atomic E-state index is 0.0665. The maximum absolute atomic E-state index is 12.1. The summed E-state index contributed by atoms with van der Waals surface area (Å²) in [6, 6.07) is 7.97. The Morgan fingerprint density at radius 2 is 1.92 bits per heavy atom. The lowest BCUT2D eigenvalue weighted by molar-refractivity contribution is -0.121. The summed E-state index contributed by atoms with van der Waals surface area (Å²) >= 11 is 1.24. The van der Waals surface area contributed by atoms with Crippen LogP contribution in [-0.2, 0) is 29.3 Å². The van der Waals surface area contributed by atoms with Crippen LogP contribution in [0.4, 0.5) is 0 Å². The molecule has 26 heavy (non-hydrogen) atoms. The Hall–Kier alpha value is -2.32. The molecule has 0 saturated heterocycles. The van der Waals surface area contributed by atoms with E-state index in [0.29, 0.717) is 23.9 Å². The molecule has 0 aliphatic heterocycles. The van der Waals surface area contributed by atoms with Gasteiger partial charge in [0, 0.05) is 13.1 Å². The molecule has 7 nitrogen and oxygen atoms in total. The average Bonchev–Trinajstić information content (AvgIpc) is 3.01. The fourth-order valence-corrected chi connectivity index (χ4v) is 3.11. The molecule has 0 radical (unpaired) electrons. The van der Waals surface area contributed by atoms with Crippen molar-refractivity contribution in [3.8, 4) is 0 Å². The predicted molar refractivity (Wildman–Crippen MR) is 101 cm³/mol. The van der Waals surface area contributed by atoms with Gasteiger partial charge in [0.05, 0.1) is 24.3 Å². The maximum atomic E-state index is 12.1. The molecular weight excluding hydrogens is 352 g/mol. The first kappa shape index (κ1) is 20.0. The molecule has 2 aromatic rings. The number of benzene rings is 1. The van der Waals surface area contributed by atoms with Gasteiger partial charge < -0.3 is 20.3 Å². The zero-order chi connectivity index (χ0) is 18.9. The monoisotopic (exact) mass is 376 g/mol. The molecule has 1 aromatic heterocycles. The number of amides is 2. The molecule has 2 rings (SSSR count). The van der Waals surface area contributed by atoms with Gasteiger partial charge in [0.25, 0.3) is 0 Å². The topological polar surface area (TPSA) is 96.2 Å². The number of hydrogen-bond donors (Lipinski definition) is 3. The van der Waals surface area contributed by atoms with Gasteiger partial charge in [-0.15, -0.1) is 0 Å². The van der Waals surface area contributed by atoms with Gasteiger partial charge in [-0.05, 0) is 19.4 Å². The first-order valence-corrected chi connectivity index (χ1v) is 9.39. The van der Waals surface area contributed by atoms with Crippen LogP contribution in [0, 0.1) is 6.92 Å². The highest BCUT2D eigenvalue weighted by Crippen LogP contribution is 2.18. The molecule has 3 N–H and O–H groups in total. The standard InChI is InChI=1S/C18H24N4O3S/c1-3-19-16(24)10-22-15(11-23)9-21-18(22)26-12-17(25)20-8-14-6-4-13(2)5-7-14/h4-7,9,23H,3,8,10-12H2,1-2H3,(H,19,24)(H,20,25). The summed E-state index contributed by atoms with van der Waals surface area (Å²) in [6.07, 6.45) is 1.52. The van der Waals surface area contributed by atoms with E-state index in [0.717, 1.165) is 5.56 Å². The van der Waals surface area contributed by atoms with Crippen LogP contribution in [0.5, 0.6) is 0 Å². The number of likely N-dealkylation sites (N-methyl/N-ethyl adjacent to an activating group) is 1. The Morgan fingerprint density at radius 1 is 1.19 bits per heavy atom. The van der Waals surface area contributed by atoms with Gasteiger partial charge in [-0.25, -0.2) is 4.98 Å². The minimum atomic E-state index is -0.216. The number of nitrogens with zero attached hydrogens (tertiary/aromatic N) is 2. The highest BCUT2D eigenvalue weighted by Gasteiger charge is 2.14. The Labute approximate surface area is 157 Å². The molecule has 2 amide bonds. The van der Waals surface area contributed by atoms with Gasteiger partial charge in [-0.3, -0.25) is 9.59 Å². The molecule has 0 bridgehead atoms. The van der Waals surface area contributed by atoms with E-state index in [-0.39, 0.29) is 30.7 Å². The smallest absolute Gasteiger partial charge is 0.240 e. The number of carbonyl (C=O) groups is 2. The SMILES string of the molecule is CCNC(=O)Cn1c(CO)cnc1SCC(=O)NCc1ccc(C)cc1. The van der Waals surface area contributed by atoms with Crippen molar-refractivity contribution >= 4 is 23.6 Å². The highest BCUT2D eigenvalue weighted by atomic mass is 32.2. The van der Waals surface area contributed by atoms with E-state index in [4.69, 9.17) is 0 Å². The van der Waals surface area contributed by atoms with Crippen molar-refractivity contribution < 1.29 is 14.7 Å². The fraction of sp³-hybridized carbons (Fsp3) is 0.389. The van der Waals surface area contributed by atoms with Crippen LogP contribution in [0.3, 0.4) is 0 Å². The first-order chi connectivity index (χ1) is 12.5. The highest BCUT2D eigenvalue weighted by molar-refractivity contribution is 7.99. The summed E-state index contributed by atoms with van der Waals surface area (Å²) in [4.78, 5) is 28.1. The fourth-order valence-electron chi connectivity index (χ4n) is 2.29. The zero-order valence-corrected chi connectivity index (χ0v) is 15.8. The molecule has 0 saturated carbocycles. The third-order valence-electron chi connectivity index (χ3n) is 3.68. The van der Waals surface area contributed by atoms with Gasteiger partial charge >= 0.3 is 0 Å². The van der Waals surface area contributed by atoms with Gasteiger partial charge in [-0.2, -0.15) is 0 Å². The van der Waals surface area contributed by atoms with Crippen molar-refractivity contribution in [1.82, 2.24) is 20.2 Å². The van der Waals surface area contributed by atoms with Crippen molar-refractivity contribution in [1.29, 1.82) is 0 Å². The van der Waals surface area contributed by atoms with Crippen molar-refractivity contribution in [3.05, 3.63) is 47.3 Å². The molecular formula is C18H24N4O3S. The lowest BCUT2D eigenvalue weighted by atomic mass is 10.1. The zero-order valence-electron chi connectivity index (χ0n) is 15.0. The van der Waals surface area contributed by atoms with Crippen LogP contribution < -0.4 is 10.6 Å². The summed E-state index contributed by atoms with van der Waals surface area (Å²) < 4.78 is 1.63. The molecule has 140 valence electrons. The number of aromatic nitrogens is 2. The molecule has 0 spiro atoms. The number of carbonyl (C=O) groups excluding carboxylic acids is 2. The van der Waals surface area contributed by atoms with Crippen molar-refractivity contribution in [2.24, 2.45) is 0 Å². The number of rotatable bonds is 9. The average molecular weight is 376 g/mol. The number of aryl methyl sites for hydroxylation is 1. The van der Waals surface area contributed by atoms with Crippen LogP contribution in [0.25, 0.3) is 0 Å². The number of imidazole rings is 1. The van der Waals surface area contributed by atoms with Crippen molar-refractivity contribution in [2.45, 2.75) is 38.7 Å². The molecule has 8 heteroatoms. The Balaban J connectivity index is 1.89. The molecule has 1 heterocycles. The lowest BCUT2D eigenvalue weighted by Gasteiger charge is -2.10. The summed E-state index contributed by atoms with van der Waals surface area (Å²) in [7, 11) is 0. The minimum Gasteiger partial charge on any atom is -0.390 e. The molecule has 0 atom stereocenters. The second-order valence-corrected chi connectivity index (χ2v) is 6.72.